The molecule has 5 heteroatoms. The van der Waals surface area contributed by atoms with Gasteiger partial charge in [0.15, 0.2) is 0 Å². The molecule has 108 valence electrons. The minimum absolute atomic E-state index is 0.131. The van der Waals surface area contributed by atoms with Crippen molar-refractivity contribution in [1.29, 1.82) is 0 Å². The molecule has 2 saturated carbocycles. The molecule has 0 aromatic rings. The fourth-order valence-corrected chi connectivity index (χ4v) is 6.87. The molecule has 2 aliphatic carbocycles. The molecule has 0 radical (unpaired) electrons. The van der Waals surface area contributed by atoms with Gasteiger partial charge in [-0.1, -0.05) is 40.0 Å². The number of rotatable bonds is 0. The van der Waals surface area contributed by atoms with E-state index < -0.39 is 5.97 Å². The van der Waals surface area contributed by atoms with Crippen LogP contribution in [0.3, 0.4) is 0 Å². The fraction of sp³-hybridized carbons (Fsp3) is 0.786. The largest absolute Gasteiger partial charge is 0.481 e. The Kier molecular flexibility index (Phi) is 5.26. The SMILES string of the molecule is CC(=O)O.OC1SSC(=C2CCCC2)C12CCCC2. The average Bonchev–Trinajstić information content (AvgIpc) is 3.04. The summed E-state index contributed by atoms with van der Waals surface area (Å²) in [6.07, 6.45) is 10.4. The van der Waals surface area contributed by atoms with Crippen LogP contribution < -0.4 is 0 Å². The van der Waals surface area contributed by atoms with E-state index in [-0.39, 0.29) is 10.9 Å². The third kappa shape index (κ3) is 3.31. The molecule has 1 heterocycles. The lowest BCUT2D eigenvalue weighted by atomic mass is 9.84. The van der Waals surface area contributed by atoms with Crippen molar-refractivity contribution in [1.82, 2.24) is 0 Å². The van der Waals surface area contributed by atoms with Crippen LogP contribution in [0.4, 0.5) is 0 Å². The number of aliphatic carboxylic acids is 1. The summed E-state index contributed by atoms with van der Waals surface area (Å²) in [5.41, 5.74) is 1.74. The summed E-state index contributed by atoms with van der Waals surface area (Å²) in [5, 5.41) is 17.6. The molecule has 1 spiro atoms. The number of carboxylic acid groups (broad SMARTS) is 1. The summed E-state index contributed by atoms with van der Waals surface area (Å²) < 4.78 is 0. The molecule has 19 heavy (non-hydrogen) atoms. The molecule has 3 nitrogen and oxygen atoms in total. The van der Waals surface area contributed by atoms with Crippen molar-refractivity contribution in [3.8, 4) is 0 Å². The van der Waals surface area contributed by atoms with Gasteiger partial charge in [-0.15, -0.1) is 0 Å². The molecule has 1 saturated heterocycles. The molecular formula is C14H22O3S2. The van der Waals surface area contributed by atoms with E-state index in [0.29, 0.717) is 0 Å². The molecule has 1 unspecified atom stereocenters. The van der Waals surface area contributed by atoms with Gasteiger partial charge in [0.05, 0.1) is 0 Å². The minimum atomic E-state index is -0.833. The average molecular weight is 302 g/mol. The Morgan fingerprint density at radius 1 is 1.21 bits per heavy atom. The molecule has 1 atom stereocenters. The number of hydrogen-bond acceptors (Lipinski definition) is 4. The van der Waals surface area contributed by atoms with E-state index in [2.05, 4.69) is 0 Å². The predicted octanol–water partition coefficient (Wildman–Crippen LogP) is 4.18. The second-order valence-corrected chi connectivity index (χ2v) is 7.85. The van der Waals surface area contributed by atoms with E-state index in [1.807, 2.05) is 10.8 Å². The van der Waals surface area contributed by atoms with Crippen LogP contribution in [0.25, 0.3) is 0 Å². The highest BCUT2D eigenvalue weighted by Crippen LogP contribution is 2.65. The number of aliphatic hydroxyl groups is 1. The van der Waals surface area contributed by atoms with E-state index in [0.717, 1.165) is 6.92 Å². The van der Waals surface area contributed by atoms with E-state index in [1.165, 1.54) is 51.4 Å². The Labute approximate surface area is 122 Å². The van der Waals surface area contributed by atoms with Gasteiger partial charge in [-0.25, -0.2) is 0 Å². The first-order chi connectivity index (χ1) is 9.06. The van der Waals surface area contributed by atoms with E-state index in [9.17, 15) is 5.11 Å². The van der Waals surface area contributed by atoms with Crippen molar-refractivity contribution < 1.29 is 15.0 Å². The Morgan fingerprint density at radius 3 is 2.26 bits per heavy atom. The lowest BCUT2D eigenvalue weighted by Crippen LogP contribution is -2.27. The van der Waals surface area contributed by atoms with Crippen LogP contribution in [0.15, 0.2) is 10.5 Å². The van der Waals surface area contributed by atoms with E-state index in [1.54, 1.807) is 21.3 Å². The van der Waals surface area contributed by atoms with Crippen LogP contribution >= 0.6 is 21.6 Å². The summed E-state index contributed by atoms with van der Waals surface area (Å²) in [6.45, 7) is 1.08. The normalized spacial score (nSPS) is 28.6. The number of hydrogen-bond donors (Lipinski definition) is 2. The zero-order valence-corrected chi connectivity index (χ0v) is 13.0. The molecular weight excluding hydrogens is 280 g/mol. The van der Waals surface area contributed by atoms with Gasteiger partial charge in [-0.05, 0) is 38.5 Å². The van der Waals surface area contributed by atoms with Crippen LogP contribution in [0, 0.1) is 5.41 Å². The first-order valence-corrected chi connectivity index (χ1v) is 9.21. The van der Waals surface area contributed by atoms with Gasteiger partial charge < -0.3 is 10.2 Å². The molecule has 1 aliphatic heterocycles. The number of aliphatic hydroxyl groups excluding tert-OH is 1. The molecule has 0 bridgehead atoms. The standard InChI is InChI=1S/C12H18OS2.C2H4O2/c13-11-12(7-3-4-8-12)10(14-15-11)9-5-1-2-6-9;1-2(3)4/h11,13H,1-8H2;1H3,(H,3,4). The van der Waals surface area contributed by atoms with Crippen LogP contribution in [0.5, 0.6) is 0 Å². The van der Waals surface area contributed by atoms with Crippen molar-refractivity contribution in [2.24, 2.45) is 5.41 Å². The Hall–Kier alpha value is -0.130. The summed E-state index contributed by atoms with van der Waals surface area (Å²) in [5.74, 6) is -0.833. The summed E-state index contributed by atoms with van der Waals surface area (Å²) in [7, 11) is 3.59. The van der Waals surface area contributed by atoms with Gasteiger partial charge in [-0.3, -0.25) is 4.79 Å². The zero-order valence-electron chi connectivity index (χ0n) is 11.4. The van der Waals surface area contributed by atoms with Crippen LogP contribution in [0.1, 0.15) is 58.3 Å². The van der Waals surface area contributed by atoms with Gasteiger partial charge in [0.1, 0.15) is 5.44 Å². The third-order valence-corrected chi connectivity index (χ3v) is 7.10. The number of carboxylic acids is 1. The van der Waals surface area contributed by atoms with Crippen molar-refractivity contribution in [3.63, 3.8) is 0 Å². The lowest BCUT2D eigenvalue weighted by molar-refractivity contribution is -0.134. The zero-order chi connectivity index (χ0) is 13.9. The van der Waals surface area contributed by atoms with Gasteiger partial charge in [0.2, 0.25) is 0 Å². The predicted molar refractivity (Wildman–Crippen MR) is 80.9 cm³/mol. The highest BCUT2D eigenvalue weighted by Gasteiger charge is 2.50. The quantitative estimate of drug-likeness (QED) is 0.657. The second-order valence-electron chi connectivity index (χ2n) is 5.55. The third-order valence-electron chi connectivity index (χ3n) is 4.17. The summed E-state index contributed by atoms with van der Waals surface area (Å²) in [4.78, 5) is 10.6. The van der Waals surface area contributed by atoms with Gasteiger partial charge in [0, 0.05) is 17.2 Å². The monoisotopic (exact) mass is 302 g/mol. The smallest absolute Gasteiger partial charge is 0.300 e. The van der Waals surface area contributed by atoms with Crippen molar-refractivity contribution in [3.05, 3.63) is 10.5 Å². The number of allylic oxidation sites excluding steroid dienone is 1. The molecule has 2 N–H and O–H groups in total. The maximum Gasteiger partial charge on any atom is 0.300 e. The highest BCUT2D eigenvalue weighted by molar-refractivity contribution is 8.78. The van der Waals surface area contributed by atoms with Crippen molar-refractivity contribution >= 4 is 27.6 Å². The topological polar surface area (TPSA) is 57.5 Å². The first-order valence-electron chi connectivity index (χ1n) is 7.00. The fourth-order valence-electron chi connectivity index (χ4n) is 3.30. The Balaban J connectivity index is 0.000000297. The highest BCUT2D eigenvalue weighted by atomic mass is 33.1. The van der Waals surface area contributed by atoms with Gasteiger partial charge >= 0.3 is 0 Å². The lowest BCUT2D eigenvalue weighted by Gasteiger charge is -2.28. The second kappa shape index (κ2) is 6.55. The molecule has 0 aromatic heterocycles. The summed E-state index contributed by atoms with van der Waals surface area (Å²) in [6, 6.07) is 0. The molecule has 0 amide bonds. The van der Waals surface area contributed by atoms with Crippen LogP contribution in [-0.2, 0) is 4.79 Å². The number of carbonyl (C=O) groups is 1. The van der Waals surface area contributed by atoms with Crippen LogP contribution in [0.2, 0.25) is 0 Å². The van der Waals surface area contributed by atoms with Crippen molar-refractivity contribution in [2.75, 3.05) is 0 Å². The van der Waals surface area contributed by atoms with E-state index in [4.69, 9.17) is 9.90 Å². The Morgan fingerprint density at radius 2 is 1.74 bits per heavy atom. The molecule has 0 aromatic carbocycles. The Bertz CT molecular complexity index is 361. The summed E-state index contributed by atoms with van der Waals surface area (Å²) >= 11 is 0. The first kappa shape index (κ1) is 15.3. The molecule has 3 rings (SSSR count). The molecule has 3 fully saturated rings. The maximum absolute atomic E-state index is 10.2. The molecule has 3 aliphatic rings. The minimum Gasteiger partial charge on any atom is -0.481 e. The van der Waals surface area contributed by atoms with Crippen LogP contribution in [-0.4, -0.2) is 21.6 Å². The maximum atomic E-state index is 10.2. The van der Waals surface area contributed by atoms with E-state index >= 15 is 0 Å². The van der Waals surface area contributed by atoms with Gasteiger partial charge in [-0.2, -0.15) is 0 Å². The van der Waals surface area contributed by atoms with Gasteiger partial charge in [0.25, 0.3) is 5.97 Å². The van der Waals surface area contributed by atoms with Crippen molar-refractivity contribution in [2.45, 2.75) is 63.7 Å².